The highest BCUT2D eigenvalue weighted by atomic mass is 16.6. The number of nitro groups is 1. The summed E-state index contributed by atoms with van der Waals surface area (Å²) in [6.45, 7) is 3.27. The summed E-state index contributed by atoms with van der Waals surface area (Å²) in [5.74, 6) is -0.756. The first-order valence-corrected chi connectivity index (χ1v) is 8.76. The molecular formula is C18H22N4O5. The molecule has 1 saturated heterocycles. The van der Waals surface area contributed by atoms with Crippen LogP contribution in [0.2, 0.25) is 0 Å². The first-order valence-electron chi connectivity index (χ1n) is 8.76. The number of nitrogens with zero attached hydrogens (tertiary/aromatic N) is 3. The third-order valence-electron chi connectivity index (χ3n) is 4.43. The molecule has 0 radical (unpaired) electrons. The Kier molecular flexibility index (Phi) is 7.11. The Morgan fingerprint density at radius 1 is 1.41 bits per heavy atom. The molecule has 9 nitrogen and oxygen atoms in total. The van der Waals surface area contributed by atoms with Gasteiger partial charge in [0.25, 0.3) is 11.6 Å². The standard InChI is InChI=1S/C18H22N4O5/c1-13-5-9-21(10-6-13)15-4-3-14(11-16(15)22(25)26)18(24)27-12-17(23)20-8-2-7-19/h3-4,11,13H,2,5-6,8-10,12H2,1H3,(H,20,23). The van der Waals surface area contributed by atoms with Crippen molar-refractivity contribution >= 4 is 23.3 Å². The number of carbonyl (C=O) groups is 2. The van der Waals surface area contributed by atoms with E-state index in [2.05, 4.69) is 12.2 Å². The minimum absolute atomic E-state index is 0.0145. The molecule has 0 saturated carbocycles. The molecule has 1 heterocycles. The van der Waals surface area contributed by atoms with Crippen molar-refractivity contribution in [1.29, 1.82) is 5.26 Å². The van der Waals surface area contributed by atoms with Gasteiger partial charge in [-0.1, -0.05) is 6.92 Å². The molecule has 0 aromatic heterocycles. The number of rotatable bonds is 7. The first kappa shape index (κ1) is 20.2. The average molecular weight is 374 g/mol. The normalized spacial score (nSPS) is 14.3. The molecule has 1 fully saturated rings. The lowest BCUT2D eigenvalue weighted by Gasteiger charge is -2.31. The predicted molar refractivity (Wildman–Crippen MR) is 97.2 cm³/mol. The van der Waals surface area contributed by atoms with Gasteiger partial charge in [-0.15, -0.1) is 0 Å². The molecule has 0 bridgehead atoms. The number of hydrogen-bond donors (Lipinski definition) is 1. The molecule has 27 heavy (non-hydrogen) atoms. The van der Waals surface area contributed by atoms with Crippen molar-refractivity contribution in [3.8, 4) is 6.07 Å². The van der Waals surface area contributed by atoms with Crippen molar-refractivity contribution in [2.45, 2.75) is 26.2 Å². The van der Waals surface area contributed by atoms with Crippen LogP contribution in [0.5, 0.6) is 0 Å². The van der Waals surface area contributed by atoms with Crippen molar-refractivity contribution in [2.24, 2.45) is 5.92 Å². The van der Waals surface area contributed by atoms with Crippen LogP contribution in [-0.2, 0) is 9.53 Å². The second-order valence-corrected chi connectivity index (χ2v) is 6.46. The van der Waals surface area contributed by atoms with Crippen molar-refractivity contribution in [3.63, 3.8) is 0 Å². The summed E-state index contributed by atoms with van der Waals surface area (Å²) >= 11 is 0. The molecule has 1 N–H and O–H groups in total. The smallest absolute Gasteiger partial charge is 0.338 e. The molecule has 1 aliphatic heterocycles. The third kappa shape index (κ3) is 5.67. The Hall–Kier alpha value is -3.15. The molecule has 1 amide bonds. The quantitative estimate of drug-likeness (QED) is 0.335. The van der Waals surface area contributed by atoms with Crippen LogP contribution in [0.4, 0.5) is 11.4 Å². The Bertz CT molecular complexity index is 751. The van der Waals surface area contributed by atoms with Crippen LogP contribution in [0.1, 0.15) is 36.5 Å². The monoisotopic (exact) mass is 374 g/mol. The zero-order valence-corrected chi connectivity index (χ0v) is 15.1. The maximum Gasteiger partial charge on any atom is 0.338 e. The van der Waals surface area contributed by atoms with E-state index in [4.69, 9.17) is 10.00 Å². The lowest BCUT2D eigenvalue weighted by atomic mass is 9.98. The van der Waals surface area contributed by atoms with Crippen LogP contribution in [0.3, 0.4) is 0 Å². The molecule has 1 aliphatic rings. The molecule has 0 unspecified atom stereocenters. The van der Waals surface area contributed by atoms with Crippen LogP contribution in [0.15, 0.2) is 18.2 Å². The summed E-state index contributed by atoms with van der Waals surface area (Å²) in [6, 6.07) is 6.08. The Labute approximate surface area is 157 Å². The van der Waals surface area contributed by atoms with Gasteiger partial charge in [-0.2, -0.15) is 5.26 Å². The highest BCUT2D eigenvalue weighted by Gasteiger charge is 2.25. The van der Waals surface area contributed by atoms with Gasteiger partial charge in [0.2, 0.25) is 0 Å². The molecule has 1 aromatic rings. The summed E-state index contributed by atoms with van der Waals surface area (Å²) in [7, 11) is 0. The fourth-order valence-electron chi connectivity index (χ4n) is 2.84. The maximum absolute atomic E-state index is 12.1. The van der Waals surface area contributed by atoms with Gasteiger partial charge in [0, 0.05) is 25.7 Å². The van der Waals surface area contributed by atoms with E-state index in [0.29, 0.717) is 11.6 Å². The number of carbonyl (C=O) groups excluding carboxylic acids is 2. The van der Waals surface area contributed by atoms with Crippen LogP contribution >= 0.6 is 0 Å². The summed E-state index contributed by atoms with van der Waals surface area (Å²) in [5, 5.41) is 22.3. The largest absolute Gasteiger partial charge is 0.452 e. The topological polar surface area (TPSA) is 126 Å². The molecular weight excluding hydrogens is 352 g/mol. The van der Waals surface area contributed by atoms with Crippen molar-refractivity contribution in [2.75, 3.05) is 31.1 Å². The van der Waals surface area contributed by atoms with Crippen molar-refractivity contribution in [3.05, 3.63) is 33.9 Å². The number of nitro benzene ring substituents is 1. The van der Waals surface area contributed by atoms with E-state index in [1.165, 1.54) is 12.1 Å². The molecule has 0 spiro atoms. The molecule has 0 aliphatic carbocycles. The SMILES string of the molecule is CC1CCN(c2ccc(C(=O)OCC(=O)NCCC#N)cc2[N+](=O)[O-])CC1. The zero-order valence-electron chi connectivity index (χ0n) is 15.1. The van der Waals surface area contributed by atoms with Crippen LogP contribution in [-0.4, -0.2) is 43.0 Å². The van der Waals surface area contributed by atoms with E-state index in [1.54, 1.807) is 6.07 Å². The minimum atomic E-state index is -0.813. The number of piperidine rings is 1. The van der Waals surface area contributed by atoms with Crippen molar-refractivity contribution in [1.82, 2.24) is 5.32 Å². The van der Waals surface area contributed by atoms with Gasteiger partial charge >= 0.3 is 5.97 Å². The van der Waals surface area contributed by atoms with Crippen LogP contribution in [0.25, 0.3) is 0 Å². The maximum atomic E-state index is 12.1. The summed E-state index contributed by atoms with van der Waals surface area (Å²) < 4.78 is 4.88. The second-order valence-electron chi connectivity index (χ2n) is 6.46. The van der Waals surface area contributed by atoms with Gasteiger partial charge in [-0.25, -0.2) is 4.79 Å². The Morgan fingerprint density at radius 3 is 2.74 bits per heavy atom. The highest BCUT2D eigenvalue weighted by Crippen LogP contribution is 2.32. The number of esters is 1. The van der Waals surface area contributed by atoms with Gasteiger partial charge in [0.15, 0.2) is 6.61 Å². The van der Waals surface area contributed by atoms with Gasteiger partial charge in [-0.05, 0) is 30.9 Å². The minimum Gasteiger partial charge on any atom is -0.452 e. The second kappa shape index (κ2) is 9.52. The lowest BCUT2D eigenvalue weighted by Crippen LogP contribution is -2.33. The highest BCUT2D eigenvalue weighted by molar-refractivity contribution is 5.93. The van der Waals surface area contributed by atoms with Crippen LogP contribution in [0, 0.1) is 27.4 Å². The number of nitriles is 1. The van der Waals surface area contributed by atoms with E-state index in [1.807, 2.05) is 11.0 Å². The number of anilines is 1. The third-order valence-corrected chi connectivity index (χ3v) is 4.43. The molecule has 144 valence electrons. The van der Waals surface area contributed by atoms with E-state index in [-0.39, 0.29) is 24.2 Å². The number of amides is 1. The van der Waals surface area contributed by atoms with Crippen LogP contribution < -0.4 is 10.2 Å². The summed E-state index contributed by atoms with van der Waals surface area (Å²) in [4.78, 5) is 36.5. The zero-order chi connectivity index (χ0) is 19.8. The van der Waals surface area contributed by atoms with E-state index in [9.17, 15) is 19.7 Å². The number of hydrogen-bond acceptors (Lipinski definition) is 7. The summed E-state index contributed by atoms with van der Waals surface area (Å²) in [6.07, 6.45) is 2.08. The van der Waals surface area contributed by atoms with Gasteiger partial charge in [-0.3, -0.25) is 14.9 Å². The molecule has 2 rings (SSSR count). The van der Waals surface area contributed by atoms with Crippen molar-refractivity contribution < 1.29 is 19.2 Å². The molecule has 1 aromatic carbocycles. The van der Waals surface area contributed by atoms with Gasteiger partial charge < -0.3 is 15.0 Å². The van der Waals surface area contributed by atoms with E-state index >= 15 is 0 Å². The van der Waals surface area contributed by atoms with E-state index < -0.39 is 23.4 Å². The van der Waals surface area contributed by atoms with Gasteiger partial charge in [0.1, 0.15) is 5.69 Å². The first-order chi connectivity index (χ1) is 12.9. The summed E-state index contributed by atoms with van der Waals surface area (Å²) in [5.41, 5.74) is 0.343. The Morgan fingerprint density at radius 2 is 2.11 bits per heavy atom. The van der Waals surface area contributed by atoms with Gasteiger partial charge in [0.05, 0.1) is 23.0 Å². The number of benzene rings is 1. The Balaban J connectivity index is 2.04. The fraction of sp³-hybridized carbons (Fsp3) is 0.500. The number of ether oxygens (including phenoxy) is 1. The average Bonchev–Trinajstić information content (AvgIpc) is 2.66. The lowest BCUT2D eigenvalue weighted by molar-refractivity contribution is -0.384. The van der Waals surface area contributed by atoms with E-state index in [0.717, 1.165) is 25.9 Å². The molecule has 0 atom stereocenters. The molecule has 9 heteroatoms. The predicted octanol–water partition coefficient (Wildman–Crippen LogP) is 2.02. The number of nitrogens with one attached hydrogen (secondary N) is 1. The fourth-order valence-corrected chi connectivity index (χ4v) is 2.84.